The average Bonchev–Trinajstić information content (AvgIpc) is 1.35. The van der Waals surface area contributed by atoms with Gasteiger partial charge in [0, 0.05) is 6.54 Å². The zero-order chi connectivity index (χ0) is 4.99. The van der Waals surface area contributed by atoms with E-state index in [0.29, 0.717) is 6.54 Å². The number of hydrogen-bond acceptors (Lipinski definition) is 2. The summed E-state index contributed by atoms with van der Waals surface area (Å²) in [6.45, 7) is 2.55. The highest BCUT2D eigenvalue weighted by Crippen LogP contribution is 2.04. The monoisotopic (exact) mass is 123 g/mol. The van der Waals surface area contributed by atoms with Gasteiger partial charge in [-0.1, -0.05) is 4.57 Å². The first-order valence-electron chi connectivity index (χ1n) is 1.65. The Bertz CT molecular complexity index is 57.5. The molecule has 1 N–H and O–H groups in total. The van der Waals surface area contributed by atoms with Crippen LogP contribution in [0.25, 0.3) is 0 Å². The molecule has 2 nitrogen and oxygen atoms in total. The minimum atomic E-state index is -1.52. The molecule has 0 saturated heterocycles. The minimum Gasteiger partial charge on any atom is -0.423 e. The molecule has 0 amide bonds. The summed E-state index contributed by atoms with van der Waals surface area (Å²) < 4.78 is 9.90. The van der Waals surface area contributed by atoms with Crippen LogP contribution in [0.3, 0.4) is 0 Å². The molecule has 36 valence electrons. The van der Waals surface area contributed by atoms with Crippen LogP contribution in [-0.2, 0) is 16.8 Å². The van der Waals surface area contributed by atoms with Crippen molar-refractivity contribution < 1.29 is 4.57 Å². The molecule has 0 rings (SSSR count). The molecule has 0 spiro atoms. The van der Waals surface area contributed by atoms with Crippen molar-refractivity contribution in [1.29, 1.82) is 0 Å². The summed E-state index contributed by atoms with van der Waals surface area (Å²) in [7, 11) is -1.52. The first-order chi connectivity index (χ1) is 2.77. The number of nitrogens with one attached hydrogen (secondary N) is 1. The quantitative estimate of drug-likeness (QED) is 0.435. The van der Waals surface area contributed by atoms with E-state index in [4.69, 9.17) is 0 Å². The molecule has 0 heterocycles. The average molecular weight is 123 g/mol. The van der Waals surface area contributed by atoms with E-state index in [9.17, 15) is 4.57 Å². The fourth-order valence-electron chi connectivity index (χ4n) is 0.129. The zero-order valence-corrected chi connectivity index (χ0v) is 5.18. The van der Waals surface area contributed by atoms with Crippen LogP contribution >= 0.6 is 7.15 Å². The van der Waals surface area contributed by atoms with Crippen LogP contribution in [0.2, 0.25) is 0 Å². The fourth-order valence-corrected chi connectivity index (χ4v) is 0.775. The summed E-state index contributed by atoms with van der Waals surface area (Å²) in [5.41, 5.74) is 0. The minimum absolute atomic E-state index is 0.693. The molecule has 0 radical (unpaired) electrons. The van der Waals surface area contributed by atoms with Gasteiger partial charge in [-0.15, -0.1) is 5.09 Å². The molecule has 0 bridgehead atoms. The van der Waals surface area contributed by atoms with Crippen molar-refractivity contribution in [2.45, 2.75) is 6.92 Å². The molecule has 0 saturated carbocycles. The van der Waals surface area contributed by atoms with Crippen molar-refractivity contribution in [2.75, 3.05) is 6.54 Å². The van der Waals surface area contributed by atoms with Crippen molar-refractivity contribution in [1.82, 2.24) is 5.09 Å². The third kappa shape index (κ3) is 4.41. The maximum Gasteiger partial charge on any atom is 0.297 e. The first kappa shape index (κ1) is 6.41. The van der Waals surface area contributed by atoms with E-state index in [2.05, 4.69) is 17.3 Å². The van der Waals surface area contributed by atoms with E-state index < -0.39 is 7.15 Å². The normalized spacial score (nSPS) is 11.3. The smallest absolute Gasteiger partial charge is 0.297 e. The van der Waals surface area contributed by atoms with Gasteiger partial charge in [-0.3, -0.25) is 0 Å². The Kier molecular flexibility index (Phi) is 3.84. The highest BCUT2D eigenvalue weighted by atomic mass is 32.7. The zero-order valence-electron chi connectivity index (χ0n) is 3.47. The van der Waals surface area contributed by atoms with Crippen LogP contribution in [0.15, 0.2) is 0 Å². The largest absolute Gasteiger partial charge is 0.423 e. The van der Waals surface area contributed by atoms with Gasteiger partial charge in [-0.2, -0.15) is 0 Å². The molecular weight excluding hydrogens is 117 g/mol. The van der Waals surface area contributed by atoms with E-state index in [-0.39, 0.29) is 0 Å². The Morgan fingerprint density at radius 2 is 2.50 bits per heavy atom. The van der Waals surface area contributed by atoms with E-state index in [0.717, 1.165) is 0 Å². The Labute approximate surface area is 43.3 Å². The predicted octanol–water partition coefficient (Wildman–Crippen LogP) is 0.800. The standard InChI is InChI=1S/C2H6NOPS/c1-2-3-5(4)6/h2H2,1H3,(H,3,4,6). The van der Waals surface area contributed by atoms with Crippen LogP contribution in [0, 0.1) is 0 Å². The summed E-state index contributed by atoms with van der Waals surface area (Å²) >= 11 is 4.28. The number of hydrogen-bond donors (Lipinski definition) is 1. The molecule has 0 aromatic rings. The Hall–Kier alpha value is 0.410. The third-order valence-corrected chi connectivity index (χ3v) is 1.25. The second-order valence-electron chi connectivity index (χ2n) is 0.769. The van der Waals surface area contributed by atoms with Crippen LogP contribution in [0.4, 0.5) is 0 Å². The predicted molar refractivity (Wildman–Crippen MR) is 28.6 cm³/mol. The lowest BCUT2D eigenvalue weighted by Gasteiger charge is -1.81. The maximum absolute atomic E-state index is 9.90. The molecule has 4 heteroatoms. The summed E-state index contributed by atoms with van der Waals surface area (Å²) in [6, 6.07) is 0. The number of rotatable bonds is 2. The second kappa shape index (κ2) is 3.59. The molecule has 0 aliphatic carbocycles. The molecule has 1 atom stereocenters. The summed E-state index contributed by atoms with van der Waals surface area (Å²) in [6.07, 6.45) is 0. The van der Waals surface area contributed by atoms with Gasteiger partial charge in [-0.05, 0) is 6.92 Å². The van der Waals surface area contributed by atoms with Crippen LogP contribution in [-0.4, -0.2) is 6.54 Å². The molecule has 0 aromatic carbocycles. The molecule has 0 aromatic heterocycles. The van der Waals surface area contributed by atoms with E-state index in [1.54, 1.807) is 0 Å². The van der Waals surface area contributed by atoms with Crippen molar-refractivity contribution in [3.63, 3.8) is 0 Å². The Balaban J connectivity index is 2.83. The Morgan fingerprint density at radius 3 is 2.50 bits per heavy atom. The molecule has 1 unspecified atom stereocenters. The summed E-state index contributed by atoms with van der Waals surface area (Å²) in [5, 5.41) is 2.53. The van der Waals surface area contributed by atoms with Gasteiger partial charge in [0.05, 0.1) is 0 Å². The topological polar surface area (TPSA) is 29.1 Å². The molecule has 0 fully saturated rings. The van der Waals surface area contributed by atoms with E-state index in [1.165, 1.54) is 0 Å². The van der Waals surface area contributed by atoms with Crippen molar-refractivity contribution in [3.05, 3.63) is 0 Å². The first-order valence-corrected chi connectivity index (χ1v) is 3.92. The molecule has 0 aliphatic heterocycles. The van der Waals surface area contributed by atoms with Gasteiger partial charge in [-0.25, -0.2) is 0 Å². The van der Waals surface area contributed by atoms with E-state index >= 15 is 0 Å². The van der Waals surface area contributed by atoms with Crippen LogP contribution in [0.5, 0.6) is 0 Å². The van der Waals surface area contributed by atoms with Crippen LogP contribution in [0.1, 0.15) is 6.92 Å². The second-order valence-corrected chi connectivity index (χ2v) is 2.59. The lowest BCUT2D eigenvalue weighted by molar-refractivity contribution is 0.590. The SMILES string of the molecule is CCN[P+](=O)[S-]. The maximum atomic E-state index is 9.90. The molecule has 6 heavy (non-hydrogen) atoms. The van der Waals surface area contributed by atoms with Crippen LogP contribution < -0.4 is 5.09 Å². The van der Waals surface area contributed by atoms with Gasteiger partial charge in [0.25, 0.3) is 7.15 Å². The summed E-state index contributed by atoms with van der Waals surface area (Å²) in [5.74, 6) is 0. The van der Waals surface area contributed by atoms with Gasteiger partial charge < -0.3 is 12.2 Å². The van der Waals surface area contributed by atoms with Crippen molar-refractivity contribution >= 4 is 19.4 Å². The lowest BCUT2D eigenvalue weighted by atomic mass is 10.8. The molecule has 0 aliphatic rings. The van der Waals surface area contributed by atoms with Gasteiger partial charge in [0.2, 0.25) is 0 Å². The third-order valence-electron chi connectivity index (χ3n) is 0.287. The van der Waals surface area contributed by atoms with Crippen molar-refractivity contribution in [3.8, 4) is 0 Å². The highest BCUT2D eigenvalue weighted by Gasteiger charge is 1.84. The van der Waals surface area contributed by atoms with Gasteiger partial charge in [0.1, 0.15) is 0 Å². The highest BCUT2D eigenvalue weighted by molar-refractivity contribution is 8.27. The molecular formula is C2H6NOPS. The Morgan fingerprint density at radius 1 is 2.00 bits per heavy atom. The van der Waals surface area contributed by atoms with Crippen molar-refractivity contribution in [2.24, 2.45) is 0 Å². The van der Waals surface area contributed by atoms with Gasteiger partial charge >= 0.3 is 0 Å². The van der Waals surface area contributed by atoms with Gasteiger partial charge in [0.15, 0.2) is 0 Å². The lowest BCUT2D eigenvalue weighted by Crippen LogP contribution is -1.97. The van der Waals surface area contributed by atoms with E-state index in [1.807, 2.05) is 6.92 Å². The fraction of sp³-hybridized carbons (Fsp3) is 1.00. The summed E-state index contributed by atoms with van der Waals surface area (Å²) in [4.78, 5) is 0.